The van der Waals surface area contributed by atoms with Crippen molar-refractivity contribution in [2.45, 2.75) is 13.0 Å². The second-order valence-electron chi connectivity index (χ2n) is 5.73. The highest BCUT2D eigenvalue weighted by Crippen LogP contribution is 2.22. The van der Waals surface area contributed by atoms with Crippen LogP contribution in [0.3, 0.4) is 0 Å². The third-order valence-corrected chi connectivity index (χ3v) is 4.32. The number of nitrogens with one attached hydrogen (secondary N) is 2. The first kappa shape index (κ1) is 16.5. The second kappa shape index (κ2) is 7.47. The van der Waals surface area contributed by atoms with Crippen LogP contribution in [0.15, 0.2) is 66.7 Å². The molecule has 2 N–H and O–H groups in total. The Balaban J connectivity index is 1.59. The maximum atomic E-state index is 12.2. The van der Waals surface area contributed by atoms with Crippen molar-refractivity contribution in [1.82, 2.24) is 5.32 Å². The average Bonchev–Trinajstić information content (AvgIpc) is 2.60. The van der Waals surface area contributed by atoms with Gasteiger partial charge in [-0.25, -0.2) is 0 Å². The molecule has 0 aliphatic heterocycles. The van der Waals surface area contributed by atoms with Gasteiger partial charge in [0.25, 0.3) is 0 Å². The smallest absolute Gasteiger partial charge is 0.238 e. The zero-order chi connectivity index (χ0) is 16.9. The fraction of sp³-hybridized carbons (Fsp3) is 0.150. The predicted octanol–water partition coefficient (Wildman–Crippen LogP) is 4.78. The molecule has 0 fully saturated rings. The van der Waals surface area contributed by atoms with Gasteiger partial charge in [0.15, 0.2) is 0 Å². The van der Waals surface area contributed by atoms with Crippen molar-refractivity contribution >= 4 is 34.0 Å². The number of hydrogen-bond donors (Lipinski definition) is 2. The first-order valence-corrected chi connectivity index (χ1v) is 8.28. The van der Waals surface area contributed by atoms with Crippen LogP contribution in [0.4, 0.5) is 5.69 Å². The number of fused-ring (bicyclic) bond motifs is 1. The normalized spacial score (nSPS) is 12.1. The van der Waals surface area contributed by atoms with E-state index in [1.165, 1.54) is 0 Å². The second-order valence-corrected chi connectivity index (χ2v) is 6.14. The minimum Gasteiger partial charge on any atom is -0.325 e. The Morgan fingerprint density at radius 2 is 1.71 bits per heavy atom. The highest BCUT2D eigenvalue weighted by Gasteiger charge is 2.10. The van der Waals surface area contributed by atoms with Crippen molar-refractivity contribution in [3.8, 4) is 0 Å². The number of hydrogen-bond acceptors (Lipinski definition) is 2. The summed E-state index contributed by atoms with van der Waals surface area (Å²) in [7, 11) is 0. The molecule has 0 heterocycles. The van der Waals surface area contributed by atoms with Gasteiger partial charge in [0.05, 0.1) is 6.54 Å². The number of carbonyl (C=O) groups excluding carboxylic acids is 1. The molecule has 0 unspecified atom stereocenters. The molecule has 0 saturated heterocycles. The monoisotopic (exact) mass is 338 g/mol. The number of amides is 1. The van der Waals surface area contributed by atoms with E-state index in [0.717, 1.165) is 22.0 Å². The molecule has 0 spiro atoms. The molecule has 3 nitrogen and oxygen atoms in total. The van der Waals surface area contributed by atoms with E-state index in [-0.39, 0.29) is 18.5 Å². The lowest BCUT2D eigenvalue weighted by molar-refractivity contribution is -0.115. The SMILES string of the molecule is C[C@H](NCC(=O)Nc1ccc2ccccc2c1)c1ccccc1Cl. The van der Waals surface area contributed by atoms with Gasteiger partial charge in [0.1, 0.15) is 0 Å². The van der Waals surface area contributed by atoms with Crippen LogP contribution in [0.25, 0.3) is 10.8 Å². The minimum absolute atomic E-state index is 0.000975. The van der Waals surface area contributed by atoms with E-state index in [1.54, 1.807) is 0 Å². The Morgan fingerprint density at radius 3 is 2.50 bits per heavy atom. The maximum Gasteiger partial charge on any atom is 0.238 e. The number of benzene rings is 3. The Labute approximate surface area is 146 Å². The molecular weight excluding hydrogens is 320 g/mol. The van der Waals surface area contributed by atoms with E-state index >= 15 is 0 Å². The fourth-order valence-corrected chi connectivity index (χ4v) is 2.95. The lowest BCUT2D eigenvalue weighted by Gasteiger charge is -2.15. The summed E-state index contributed by atoms with van der Waals surface area (Å²) >= 11 is 6.18. The molecule has 3 aromatic rings. The predicted molar refractivity (Wildman–Crippen MR) is 100 cm³/mol. The Kier molecular flexibility index (Phi) is 5.14. The highest BCUT2D eigenvalue weighted by molar-refractivity contribution is 6.31. The lowest BCUT2D eigenvalue weighted by Crippen LogP contribution is -2.30. The van der Waals surface area contributed by atoms with E-state index < -0.39 is 0 Å². The van der Waals surface area contributed by atoms with Gasteiger partial charge in [0, 0.05) is 16.8 Å². The number of rotatable bonds is 5. The summed E-state index contributed by atoms with van der Waals surface area (Å²) in [6, 6.07) is 21.6. The van der Waals surface area contributed by atoms with Crippen molar-refractivity contribution in [2.24, 2.45) is 0 Å². The lowest BCUT2D eigenvalue weighted by atomic mass is 10.1. The summed E-state index contributed by atoms with van der Waals surface area (Å²) < 4.78 is 0. The molecule has 0 bridgehead atoms. The number of carbonyl (C=O) groups is 1. The van der Waals surface area contributed by atoms with E-state index in [9.17, 15) is 4.79 Å². The Morgan fingerprint density at radius 1 is 1.00 bits per heavy atom. The molecule has 1 amide bonds. The van der Waals surface area contributed by atoms with Crippen LogP contribution in [0.1, 0.15) is 18.5 Å². The van der Waals surface area contributed by atoms with Gasteiger partial charge in [-0.2, -0.15) is 0 Å². The average molecular weight is 339 g/mol. The van der Waals surface area contributed by atoms with Crippen molar-refractivity contribution in [2.75, 3.05) is 11.9 Å². The van der Waals surface area contributed by atoms with Gasteiger partial charge in [-0.3, -0.25) is 4.79 Å². The van der Waals surface area contributed by atoms with Crippen molar-refractivity contribution in [3.63, 3.8) is 0 Å². The minimum atomic E-state index is -0.0795. The van der Waals surface area contributed by atoms with Gasteiger partial charge < -0.3 is 10.6 Å². The third-order valence-electron chi connectivity index (χ3n) is 3.97. The Hall–Kier alpha value is -2.36. The van der Waals surface area contributed by atoms with E-state index in [4.69, 9.17) is 11.6 Å². The molecule has 0 aromatic heterocycles. The van der Waals surface area contributed by atoms with Crippen LogP contribution in [0, 0.1) is 0 Å². The summed E-state index contributed by atoms with van der Waals surface area (Å²) in [5.74, 6) is -0.0795. The van der Waals surface area contributed by atoms with E-state index in [0.29, 0.717) is 5.02 Å². The molecule has 0 aliphatic rings. The van der Waals surface area contributed by atoms with Crippen molar-refractivity contribution in [1.29, 1.82) is 0 Å². The molecule has 122 valence electrons. The topological polar surface area (TPSA) is 41.1 Å². The zero-order valence-corrected chi connectivity index (χ0v) is 14.2. The molecular formula is C20H19ClN2O. The quantitative estimate of drug-likeness (QED) is 0.702. The van der Waals surface area contributed by atoms with Gasteiger partial charge in [-0.05, 0) is 41.5 Å². The van der Waals surface area contributed by atoms with Crippen LogP contribution in [-0.4, -0.2) is 12.5 Å². The van der Waals surface area contributed by atoms with Gasteiger partial charge in [-0.15, -0.1) is 0 Å². The van der Waals surface area contributed by atoms with Gasteiger partial charge in [0.2, 0.25) is 5.91 Å². The zero-order valence-electron chi connectivity index (χ0n) is 13.4. The largest absolute Gasteiger partial charge is 0.325 e. The highest BCUT2D eigenvalue weighted by atomic mass is 35.5. The fourth-order valence-electron chi connectivity index (χ4n) is 2.65. The standard InChI is InChI=1S/C20H19ClN2O/c1-14(18-8-4-5-9-19(18)21)22-13-20(24)23-17-11-10-15-6-2-3-7-16(15)12-17/h2-12,14,22H,13H2,1H3,(H,23,24)/t14-/m0/s1. The molecule has 1 atom stereocenters. The number of anilines is 1. The first-order chi connectivity index (χ1) is 11.6. The van der Waals surface area contributed by atoms with E-state index in [1.807, 2.05) is 73.7 Å². The first-order valence-electron chi connectivity index (χ1n) is 7.90. The summed E-state index contributed by atoms with van der Waals surface area (Å²) in [6.07, 6.45) is 0. The summed E-state index contributed by atoms with van der Waals surface area (Å²) in [5, 5.41) is 9.08. The van der Waals surface area contributed by atoms with E-state index in [2.05, 4.69) is 10.6 Å². The van der Waals surface area contributed by atoms with Gasteiger partial charge in [-0.1, -0.05) is 60.1 Å². The summed E-state index contributed by atoms with van der Waals surface area (Å²) in [4.78, 5) is 12.2. The van der Waals surface area contributed by atoms with Crippen LogP contribution in [-0.2, 0) is 4.79 Å². The Bertz CT molecular complexity index is 863. The number of halogens is 1. The summed E-state index contributed by atoms with van der Waals surface area (Å²) in [5.41, 5.74) is 1.78. The van der Waals surface area contributed by atoms with Crippen LogP contribution in [0.2, 0.25) is 5.02 Å². The van der Waals surface area contributed by atoms with Crippen LogP contribution < -0.4 is 10.6 Å². The third kappa shape index (κ3) is 3.94. The molecule has 0 saturated carbocycles. The molecule has 0 radical (unpaired) electrons. The molecule has 24 heavy (non-hydrogen) atoms. The molecule has 3 rings (SSSR count). The van der Waals surface area contributed by atoms with Crippen LogP contribution >= 0.6 is 11.6 Å². The summed E-state index contributed by atoms with van der Waals surface area (Å²) in [6.45, 7) is 2.21. The van der Waals surface area contributed by atoms with Crippen molar-refractivity contribution < 1.29 is 4.79 Å². The van der Waals surface area contributed by atoms with Crippen LogP contribution in [0.5, 0.6) is 0 Å². The maximum absolute atomic E-state index is 12.2. The van der Waals surface area contributed by atoms with Crippen molar-refractivity contribution in [3.05, 3.63) is 77.3 Å². The molecule has 0 aliphatic carbocycles. The van der Waals surface area contributed by atoms with Gasteiger partial charge >= 0.3 is 0 Å². The molecule has 4 heteroatoms. The molecule has 3 aromatic carbocycles.